The van der Waals surface area contributed by atoms with Crippen molar-refractivity contribution < 1.29 is 4.57 Å². The van der Waals surface area contributed by atoms with Crippen LogP contribution in [0.1, 0.15) is 25.3 Å². The maximum atomic E-state index is 4.70. The summed E-state index contributed by atoms with van der Waals surface area (Å²) in [7, 11) is 4.02. The topological polar surface area (TPSA) is 22.7 Å². The highest BCUT2D eigenvalue weighted by Gasteiger charge is 2.12. The maximum Gasteiger partial charge on any atom is 0.169 e. The van der Waals surface area contributed by atoms with Crippen molar-refractivity contribution in [3.8, 4) is 0 Å². The van der Waals surface area contributed by atoms with E-state index in [0.717, 1.165) is 17.0 Å². The minimum Gasteiger partial charge on any atom is -0.372 e. The van der Waals surface area contributed by atoms with E-state index in [1.807, 2.05) is 43.0 Å². The van der Waals surface area contributed by atoms with Crippen molar-refractivity contribution in [2.45, 2.75) is 19.8 Å². The molecule has 23 heavy (non-hydrogen) atoms. The van der Waals surface area contributed by atoms with E-state index in [4.69, 9.17) is 5.10 Å². The maximum absolute atomic E-state index is 4.70. The second kappa shape index (κ2) is 6.82. The van der Waals surface area contributed by atoms with Crippen LogP contribution in [0.3, 0.4) is 0 Å². The number of benzene rings is 1. The average molecular weight is 309 g/mol. The summed E-state index contributed by atoms with van der Waals surface area (Å²) in [5.74, 6) is 0. The van der Waals surface area contributed by atoms with Crippen LogP contribution in [0.25, 0.3) is 0 Å². The number of nitrogens with zero attached hydrogens (tertiary/aromatic N) is 4. The summed E-state index contributed by atoms with van der Waals surface area (Å²) in [5.41, 5.74) is 4.57. The number of rotatable bonds is 4. The lowest BCUT2D eigenvalue weighted by Crippen LogP contribution is -2.26. The fourth-order valence-electron chi connectivity index (χ4n) is 2.94. The van der Waals surface area contributed by atoms with Gasteiger partial charge in [0.1, 0.15) is 7.05 Å². The van der Waals surface area contributed by atoms with Crippen molar-refractivity contribution >= 4 is 17.1 Å². The molecule has 0 saturated carbocycles. The van der Waals surface area contributed by atoms with Gasteiger partial charge in [0.15, 0.2) is 12.4 Å². The van der Waals surface area contributed by atoms with Gasteiger partial charge in [-0.15, -0.1) is 0 Å². The summed E-state index contributed by atoms with van der Waals surface area (Å²) in [6.45, 7) is 4.40. The monoisotopic (exact) mass is 309 g/mol. The number of pyridine rings is 1. The molecule has 2 aromatic rings. The molecular formula is C19H25N4+. The SMILES string of the molecule is C/C(=N\N(C)c1ccc(N2CCCC2)cc1)c1cc[n+](C)cc1. The molecule has 4 heteroatoms. The highest BCUT2D eigenvalue weighted by molar-refractivity contribution is 5.98. The van der Waals surface area contributed by atoms with Gasteiger partial charge in [-0.25, -0.2) is 4.57 Å². The van der Waals surface area contributed by atoms with Gasteiger partial charge in [-0.1, -0.05) is 0 Å². The fraction of sp³-hybridized carbons (Fsp3) is 0.368. The van der Waals surface area contributed by atoms with Crippen molar-refractivity contribution in [2.75, 3.05) is 30.0 Å². The lowest BCUT2D eigenvalue weighted by atomic mass is 10.2. The molecular weight excluding hydrogens is 284 g/mol. The molecule has 120 valence electrons. The molecule has 0 N–H and O–H groups in total. The van der Waals surface area contributed by atoms with Gasteiger partial charge in [0.05, 0.1) is 11.4 Å². The van der Waals surface area contributed by atoms with Crippen LogP contribution in [-0.2, 0) is 7.05 Å². The molecule has 2 heterocycles. The first-order valence-electron chi connectivity index (χ1n) is 8.23. The molecule has 1 saturated heterocycles. The third-order valence-electron chi connectivity index (χ3n) is 4.39. The molecule has 0 amide bonds. The van der Waals surface area contributed by atoms with Crippen LogP contribution in [-0.4, -0.2) is 25.8 Å². The van der Waals surface area contributed by atoms with Crippen LogP contribution < -0.4 is 14.5 Å². The Morgan fingerprint density at radius 2 is 1.65 bits per heavy atom. The molecule has 0 bridgehead atoms. The van der Waals surface area contributed by atoms with Crippen LogP contribution >= 0.6 is 0 Å². The number of anilines is 2. The van der Waals surface area contributed by atoms with E-state index in [1.165, 1.54) is 31.6 Å². The Labute approximate surface area is 138 Å². The molecule has 0 radical (unpaired) electrons. The first kappa shape index (κ1) is 15.5. The van der Waals surface area contributed by atoms with Gasteiger partial charge in [-0.2, -0.15) is 5.10 Å². The van der Waals surface area contributed by atoms with Crippen molar-refractivity contribution in [1.82, 2.24) is 0 Å². The van der Waals surface area contributed by atoms with Crippen molar-refractivity contribution in [3.63, 3.8) is 0 Å². The molecule has 1 aromatic carbocycles. The molecule has 0 aliphatic carbocycles. The average Bonchev–Trinajstić information content (AvgIpc) is 3.10. The summed E-state index contributed by atoms with van der Waals surface area (Å²) in [4.78, 5) is 2.45. The van der Waals surface area contributed by atoms with Crippen LogP contribution in [0.2, 0.25) is 0 Å². The number of hydrazone groups is 1. The molecule has 3 rings (SSSR count). The minimum atomic E-state index is 1.01. The second-order valence-electron chi connectivity index (χ2n) is 6.17. The van der Waals surface area contributed by atoms with Gasteiger partial charge in [0.25, 0.3) is 0 Å². The number of aryl methyl sites for hydroxylation is 1. The predicted molar refractivity (Wildman–Crippen MR) is 96.1 cm³/mol. The van der Waals surface area contributed by atoms with E-state index < -0.39 is 0 Å². The molecule has 1 fully saturated rings. The Kier molecular flexibility index (Phi) is 4.60. The molecule has 0 unspecified atom stereocenters. The van der Waals surface area contributed by atoms with E-state index in [-0.39, 0.29) is 0 Å². The Bertz CT molecular complexity index is 668. The molecule has 0 atom stereocenters. The van der Waals surface area contributed by atoms with Gasteiger partial charge in [0, 0.05) is 43.5 Å². The van der Waals surface area contributed by atoms with E-state index in [2.05, 4.69) is 41.3 Å². The predicted octanol–water partition coefficient (Wildman–Crippen LogP) is 2.97. The third-order valence-corrected chi connectivity index (χ3v) is 4.39. The highest BCUT2D eigenvalue weighted by atomic mass is 15.4. The summed E-state index contributed by atoms with van der Waals surface area (Å²) < 4.78 is 2.03. The number of hydrogen-bond donors (Lipinski definition) is 0. The normalized spacial score (nSPS) is 15.1. The second-order valence-corrected chi connectivity index (χ2v) is 6.17. The van der Waals surface area contributed by atoms with Gasteiger partial charge < -0.3 is 4.90 Å². The Morgan fingerprint density at radius 3 is 2.26 bits per heavy atom. The molecule has 4 nitrogen and oxygen atoms in total. The third kappa shape index (κ3) is 3.70. The molecule has 0 spiro atoms. The first-order valence-corrected chi connectivity index (χ1v) is 8.23. The zero-order valence-corrected chi connectivity index (χ0v) is 14.2. The standard InChI is InChI=1S/C19H25N4/c1-16(17-10-14-21(2)15-11-17)20-22(3)18-6-8-19(9-7-18)23-12-4-5-13-23/h6-11,14-15H,4-5,12-13H2,1-3H3/q+1. The Morgan fingerprint density at radius 1 is 1.04 bits per heavy atom. The Balaban J connectivity index is 1.73. The summed E-state index contributed by atoms with van der Waals surface area (Å²) in [6.07, 6.45) is 6.69. The Hall–Kier alpha value is -2.36. The van der Waals surface area contributed by atoms with Crippen LogP contribution in [0.5, 0.6) is 0 Å². The van der Waals surface area contributed by atoms with E-state index in [1.54, 1.807) is 0 Å². The van der Waals surface area contributed by atoms with Crippen LogP contribution in [0.15, 0.2) is 53.9 Å². The van der Waals surface area contributed by atoms with E-state index in [0.29, 0.717) is 0 Å². The zero-order valence-electron chi connectivity index (χ0n) is 14.2. The quantitative estimate of drug-likeness (QED) is 0.492. The fourth-order valence-corrected chi connectivity index (χ4v) is 2.94. The van der Waals surface area contributed by atoms with Gasteiger partial charge in [0.2, 0.25) is 0 Å². The van der Waals surface area contributed by atoms with Crippen LogP contribution in [0.4, 0.5) is 11.4 Å². The molecule has 1 aliphatic rings. The smallest absolute Gasteiger partial charge is 0.169 e. The first-order chi connectivity index (χ1) is 11.1. The largest absolute Gasteiger partial charge is 0.372 e. The van der Waals surface area contributed by atoms with Gasteiger partial charge >= 0.3 is 0 Å². The summed E-state index contributed by atoms with van der Waals surface area (Å²) >= 11 is 0. The molecule has 1 aliphatic heterocycles. The zero-order chi connectivity index (χ0) is 16.2. The minimum absolute atomic E-state index is 1.01. The summed E-state index contributed by atoms with van der Waals surface area (Å²) in [6, 6.07) is 12.9. The highest BCUT2D eigenvalue weighted by Crippen LogP contribution is 2.23. The van der Waals surface area contributed by atoms with E-state index in [9.17, 15) is 0 Å². The molecule has 1 aromatic heterocycles. The van der Waals surface area contributed by atoms with Crippen LogP contribution in [0, 0.1) is 0 Å². The van der Waals surface area contributed by atoms with Gasteiger partial charge in [-0.3, -0.25) is 5.01 Å². The van der Waals surface area contributed by atoms with Crippen molar-refractivity contribution in [2.24, 2.45) is 12.1 Å². The summed E-state index contributed by atoms with van der Waals surface area (Å²) in [5, 5.41) is 6.64. The van der Waals surface area contributed by atoms with Gasteiger partial charge in [-0.05, 0) is 44.0 Å². The lowest BCUT2D eigenvalue weighted by molar-refractivity contribution is -0.671. The number of hydrogen-bond acceptors (Lipinski definition) is 3. The van der Waals surface area contributed by atoms with Crippen molar-refractivity contribution in [3.05, 3.63) is 54.4 Å². The lowest BCUT2D eigenvalue weighted by Gasteiger charge is -2.19. The number of aromatic nitrogens is 1. The van der Waals surface area contributed by atoms with E-state index >= 15 is 0 Å². The van der Waals surface area contributed by atoms with Crippen molar-refractivity contribution in [1.29, 1.82) is 0 Å².